The summed E-state index contributed by atoms with van der Waals surface area (Å²) in [4.78, 5) is 39.1. The van der Waals surface area contributed by atoms with E-state index in [-0.39, 0.29) is 18.1 Å². The first-order valence-electron chi connectivity index (χ1n) is 11.3. The van der Waals surface area contributed by atoms with Crippen molar-refractivity contribution in [2.75, 3.05) is 24.5 Å². The van der Waals surface area contributed by atoms with Crippen LogP contribution in [0.25, 0.3) is 17.0 Å². The third-order valence-electron chi connectivity index (χ3n) is 6.14. The van der Waals surface area contributed by atoms with Crippen molar-refractivity contribution >= 4 is 34.6 Å². The number of carbonyl (C=O) groups excluding carboxylic acids is 2. The zero-order chi connectivity index (χ0) is 22.6. The highest BCUT2D eigenvalue weighted by atomic mass is 16.2. The SMILES string of the molecule is O=C1CC(=O)/C(=C/c2ccnc(N3CCC(CNCc4ccc5ccccc5n4)CC3)n2)N1. The van der Waals surface area contributed by atoms with E-state index in [2.05, 4.69) is 43.7 Å². The average molecular weight is 443 g/mol. The van der Waals surface area contributed by atoms with Crippen molar-refractivity contribution in [1.29, 1.82) is 0 Å². The first-order valence-corrected chi connectivity index (χ1v) is 11.3. The summed E-state index contributed by atoms with van der Waals surface area (Å²) in [5.74, 6) is 0.784. The number of nitrogens with one attached hydrogen (secondary N) is 2. The highest BCUT2D eigenvalue weighted by molar-refractivity contribution is 6.16. The number of hydrogen-bond acceptors (Lipinski definition) is 7. The van der Waals surface area contributed by atoms with Crippen molar-refractivity contribution < 1.29 is 9.59 Å². The Bertz CT molecular complexity index is 1220. The lowest BCUT2D eigenvalue weighted by Crippen LogP contribution is -2.38. The third kappa shape index (κ3) is 5.06. The first-order chi connectivity index (χ1) is 16.1. The number of fused-ring (bicyclic) bond motifs is 1. The molecule has 0 aliphatic carbocycles. The highest BCUT2D eigenvalue weighted by Crippen LogP contribution is 2.21. The molecular formula is C25H26N6O2. The van der Waals surface area contributed by atoms with E-state index in [4.69, 9.17) is 4.98 Å². The van der Waals surface area contributed by atoms with Crippen LogP contribution in [0.5, 0.6) is 0 Å². The van der Waals surface area contributed by atoms with Crippen molar-refractivity contribution in [3.8, 4) is 0 Å². The quantitative estimate of drug-likeness (QED) is 0.447. The van der Waals surface area contributed by atoms with E-state index >= 15 is 0 Å². The van der Waals surface area contributed by atoms with E-state index in [1.54, 1.807) is 18.3 Å². The summed E-state index contributed by atoms with van der Waals surface area (Å²) in [6.45, 7) is 3.49. The van der Waals surface area contributed by atoms with Crippen LogP contribution in [0.1, 0.15) is 30.7 Å². The van der Waals surface area contributed by atoms with Gasteiger partial charge in [-0.3, -0.25) is 14.6 Å². The van der Waals surface area contributed by atoms with Crippen molar-refractivity contribution in [2.45, 2.75) is 25.8 Å². The fourth-order valence-corrected chi connectivity index (χ4v) is 4.31. The van der Waals surface area contributed by atoms with Gasteiger partial charge in [-0.1, -0.05) is 24.3 Å². The first kappa shape index (κ1) is 21.2. The number of para-hydroxylation sites is 1. The molecule has 1 amide bonds. The van der Waals surface area contributed by atoms with Gasteiger partial charge in [-0.25, -0.2) is 9.97 Å². The minimum atomic E-state index is -0.271. The van der Waals surface area contributed by atoms with Crippen LogP contribution in [0.4, 0.5) is 5.95 Å². The van der Waals surface area contributed by atoms with E-state index in [1.165, 1.54) is 0 Å². The zero-order valence-corrected chi connectivity index (χ0v) is 18.3. The van der Waals surface area contributed by atoms with Crippen molar-refractivity contribution in [3.63, 3.8) is 0 Å². The van der Waals surface area contributed by atoms with Crippen molar-refractivity contribution in [3.05, 3.63) is 65.7 Å². The van der Waals surface area contributed by atoms with Crippen LogP contribution >= 0.6 is 0 Å². The number of hydrogen-bond donors (Lipinski definition) is 2. The Kier molecular flexibility index (Phi) is 6.08. The second-order valence-electron chi connectivity index (χ2n) is 8.54. The van der Waals surface area contributed by atoms with Crippen molar-refractivity contribution in [2.24, 2.45) is 5.92 Å². The monoisotopic (exact) mass is 442 g/mol. The highest BCUT2D eigenvalue weighted by Gasteiger charge is 2.24. The standard InChI is InChI=1S/C25H26N6O2/c32-23-14-24(33)30-22(23)13-19-7-10-27-25(29-19)31-11-8-17(9-12-31)15-26-16-20-6-5-18-3-1-2-4-21(18)28-20/h1-7,10,13,17,26H,8-9,11-12,14-16H2,(H,30,33)/b22-13-. The van der Waals surface area contributed by atoms with E-state index in [1.807, 2.05) is 18.2 Å². The second kappa shape index (κ2) is 9.46. The summed E-state index contributed by atoms with van der Waals surface area (Å²) in [5.41, 5.74) is 3.01. The average Bonchev–Trinajstić information content (AvgIpc) is 3.16. The molecule has 2 aliphatic rings. The van der Waals surface area contributed by atoms with Crippen LogP contribution in [0.2, 0.25) is 0 Å². The lowest BCUT2D eigenvalue weighted by molar-refractivity contribution is -0.121. The molecule has 0 unspecified atom stereocenters. The molecule has 2 N–H and O–H groups in total. The molecule has 2 fully saturated rings. The molecule has 2 aromatic heterocycles. The predicted molar refractivity (Wildman–Crippen MR) is 126 cm³/mol. The Morgan fingerprint density at radius 3 is 2.73 bits per heavy atom. The molecule has 0 atom stereocenters. The Morgan fingerprint density at radius 1 is 1.06 bits per heavy atom. The van der Waals surface area contributed by atoms with Gasteiger partial charge < -0.3 is 15.5 Å². The Morgan fingerprint density at radius 2 is 1.91 bits per heavy atom. The summed E-state index contributed by atoms with van der Waals surface area (Å²) >= 11 is 0. The van der Waals surface area contributed by atoms with Gasteiger partial charge in [0.25, 0.3) is 0 Å². The van der Waals surface area contributed by atoms with Gasteiger partial charge in [-0.05, 0) is 49.6 Å². The number of carbonyl (C=O) groups is 2. The molecule has 0 saturated carbocycles. The predicted octanol–water partition coefficient (Wildman–Crippen LogP) is 2.46. The second-order valence-corrected chi connectivity index (χ2v) is 8.54. The van der Waals surface area contributed by atoms with Gasteiger partial charge in [0.15, 0.2) is 5.78 Å². The van der Waals surface area contributed by atoms with E-state index in [9.17, 15) is 9.59 Å². The third-order valence-corrected chi connectivity index (χ3v) is 6.14. The van der Waals surface area contributed by atoms with Gasteiger partial charge >= 0.3 is 0 Å². The minimum absolute atomic E-state index is 0.0950. The molecule has 8 nitrogen and oxygen atoms in total. The lowest BCUT2D eigenvalue weighted by atomic mass is 9.97. The normalized spacial score (nSPS) is 18.3. The number of amides is 1. The molecule has 0 spiro atoms. The topological polar surface area (TPSA) is 100 Å². The molecular weight excluding hydrogens is 416 g/mol. The molecule has 2 saturated heterocycles. The van der Waals surface area contributed by atoms with E-state index in [0.717, 1.165) is 55.6 Å². The van der Waals surface area contributed by atoms with Gasteiger partial charge in [0.05, 0.1) is 29.0 Å². The van der Waals surface area contributed by atoms with Crippen molar-refractivity contribution in [1.82, 2.24) is 25.6 Å². The molecule has 5 rings (SSSR count). The molecule has 3 aromatic rings. The largest absolute Gasteiger partial charge is 0.341 e. The number of benzene rings is 1. The number of aromatic nitrogens is 3. The van der Waals surface area contributed by atoms with Crippen LogP contribution in [0.3, 0.4) is 0 Å². The summed E-state index contributed by atoms with van der Waals surface area (Å²) < 4.78 is 0. The molecule has 33 heavy (non-hydrogen) atoms. The van der Waals surface area contributed by atoms with Crippen LogP contribution < -0.4 is 15.5 Å². The van der Waals surface area contributed by atoms with Gasteiger partial charge in [0.1, 0.15) is 0 Å². The Balaban J connectivity index is 1.12. The number of pyridine rings is 1. The van der Waals surface area contributed by atoms with Gasteiger partial charge in [-0.15, -0.1) is 0 Å². The van der Waals surface area contributed by atoms with E-state index in [0.29, 0.717) is 23.3 Å². The zero-order valence-electron chi connectivity index (χ0n) is 18.3. The molecule has 1 aromatic carbocycles. The lowest BCUT2D eigenvalue weighted by Gasteiger charge is -2.32. The van der Waals surface area contributed by atoms with E-state index < -0.39 is 0 Å². The molecule has 0 radical (unpaired) electrons. The maximum Gasteiger partial charge on any atom is 0.232 e. The Hall–Kier alpha value is -3.65. The number of allylic oxidation sites excluding steroid dienone is 1. The summed E-state index contributed by atoms with van der Waals surface area (Å²) in [6.07, 6.45) is 5.33. The van der Waals surface area contributed by atoms with Crippen LogP contribution in [0.15, 0.2) is 54.4 Å². The number of anilines is 1. The maximum absolute atomic E-state index is 11.8. The molecule has 4 heterocycles. The fourth-order valence-electron chi connectivity index (χ4n) is 4.31. The molecule has 2 aliphatic heterocycles. The number of piperidine rings is 1. The smallest absolute Gasteiger partial charge is 0.232 e. The summed E-state index contributed by atoms with van der Waals surface area (Å²) in [5, 5.41) is 7.31. The maximum atomic E-state index is 11.8. The molecule has 168 valence electrons. The fraction of sp³-hybridized carbons (Fsp3) is 0.320. The van der Waals surface area contributed by atoms with Crippen LogP contribution in [-0.4, -0.2) is 46.3 Å². The number of ketones is 1. The van der Waals surface area contributed by atoms with Crippen LogP contribution in [-0.2, 0) is 16.1 Å². The van der Waals surface area contributed by atoms with Gasteiger partial charge in [0.2, 0.25) is 11.9 Å². The molecule has 0 bridgehead atoms. The van der Waals surface area contributed by atoms with Gasteiger partial charge in [0, 0.05) is 31.2 Å². The minimum Gasteiger partial charge on any atom is -0.341 e. The molecule has 8 heteroatoms. The summed E-state index contributed by atoms with van der Waals surface area (Å²) in [6, 6.07) is 14.1. The summed E-state index contributed by atoms with van der Waals surface area (Å²) in [7, 11) is 0. The number of Topliss-reactive ketones (excluding diaryl/α,β-unsaturated/α-hetero) is 1. The van der Waals surface area contributed by atoms with Crippen LogP contribution in [0, 0.1) is 5.92 Å². The number of rotatable bonds is 6. The number of nitrogens with zero attached hydrogens (tertiary/aromatic N) is 4. The Labute approximate surface area is 192 Å². The van der Waals surface area contributed by atoms with Gasteiger partial charge in [-0.2, -0.15) is 0 Å².